The second-order valence-electron chi connectivity index (χ2n) is 7.85. The van der Waals surface area contributed by atoms with Crippen molar-refractivity contribution in [1.29, 1.82) is 0 Å². The third-order valence-corrected chi connectivity index (χ3v) is 5.93. The average molecular weight is 487 g/mol. The van der Waals surface area contributed by atoms with Crippen LogP contribution in [-0.2, 0) is 6.18 Å². The number of aromatic amines is 1. The number of alkyl halides is 3. The lowest BCUT2D eigenvalue weighted by atomic mass is 10.1. The highest BCUT2D eigenvalue weighted by Gasteiger charge is 2.36. The first-order valence-corrected chi connectivity index (χ1v) is 10.9. The first-order valence-electron chi connectivity index (χ1n) is 10.5. The average Bonchev–Trinajstić information content (AvgIpc) is 3.26. The minimum absolute atomic E-state index is 0.277. The van der Waals surface area contributed by atoms with Gasteiger partial charge in [-0.15, -0.1) is 10.2 Å². The van der Waals surface area contributed by atoms with Crippen LogP contribution in [0.1, 0.15) is 15.9 Å². The number of H-pyrrole nitrogens is 1. The van der Waals surface area contributed by atoms with Crippen molar-refractivity contribution in [2.75, 3.05) is 31.1 Å². The molecule has 0 spiro atoms. The highest BCUT2D eigenvalue weighted by Crippen LogP contribution is 2.32. The number of hydrogen-bond acceptors (Lipinski definition) is 5. The van der Waals surface area contributed by atoms with Crippen molar-refractivity contribution in [2.24, 2.45) is 0 Å². The molecule has 0 atom stereocenters. The predicted molar refractivity (Wildman–Crippen MR) is 122 cm³/mol. The van der Waals surface area contributed by atoms with Crippen LogP contribution in [0.5, 0.6) is 0 Å². The monoisotopic (exact) mass is 486 g/mol. The van der Waals surface area contributed by atoms with Crippen molar-refractivity contribution >= 4 is 34.4 Å². The predicted octanol–water partition coefficient (Wildman–Crippen LogP) is 4.65. The van der Waals surface area contributed by atoms with Crippen LogP contribution in [0.15, 0.2) is 54.6 Å². The molecule has 1 saturated heterocycles. The van der Waals surface area contributed by atoms with E-state index in [0.29, 0.717) is 35.4 Å². The quantitative estimate of drug-likeness (QED) is 0.456. The molecule has 11 heteroatoms. The molecule has 174 valence electrons. The molecule has 4 aromatic rings. The van der Waals surface area contributed by atoms with Crippen molar-refractivity contribution in [3.8, 4) is 11.5 Å². The summed E-state index contributed by atoms with van der Waals surface area (Å²) in [4.78, 5) is 23.8. The SMILES string of the molecule is O=C(c1ccccc1C(F)(F)F)N1CCN(c2ccc(-c3nc4ccc(Cl)cc4[nH]3)nn2)CC1. The van der Waals surface area contributed by atoms with Gasteiger partial charge in [0.2, 0.25) is 0 Å². The summed E-state index contributed by atoms with van der Waals surface area (Å²) in [5.74, 6) is 0.555. The number of benzene rings is 2. The van der Waals surface area contributed by atoms with E-state index in [1.807, 2.05) is 11.0 Å². The van der Waals surface area contributed by atoms with Crippen LogP contribution < -0.4 is 4.90 Å². The van der Waals surface area contributed by atoms with Gasteiger partial charge in [-0.25, -0.2) is 4.98 Å². The third kappa shape index (κ3) is 4.28. The highest BCUT2D eigenvalue weighted by atomic mass is 35.5. The van der Waals surface area contributed by atoms with Crippen molar-refractivity contribution in [3.63, 3.8) is 0 Å². The lowest BCUT2D eigenvalue weighted by Gasteiger charge is -2.35. The maximum Gasteiger partial charge on any atom is 0.417 e. The van der Waals surface area contributed by atoms with Gasteiger partial charge in [0.25, 0.3) is 5.91 Å². The Morgan fingerprint density at radius 2 is 1.74 bits per heavy atom. The molecule has 1 amide bonds. The van der Waals surface area contributed by atoms with E-state index < -0.39 is 17.6 Å². The molecule has 7 nitrogen and oxygen atoms in total. The number of anilines is 1. The minimum Gasteiger partial charge on any atom is -0.352 e. The number of aromatic nitrogens is 4. The van der Waals surface area contributed by atoms with E-state index in [1.54, 1.807) is 24.3 Å². The van der Waals surface area contributed by atoms with Gasteiger partial charge in [-0.3, -0.25) is 4.79 Å². The van der Waals surface area contributed by atoms with Crippen LogP contribution in [0.2, 0.25) is 5.02 Å². The van der Waals surface area contributed by atoms with Crippen molar-refractivity contribution in [1.82, 2.24) is 25.1 Å². The Balaban J connectivity index is 1.27. The first kappa shape index (κ1) is 22.1. The van der Waals surface area contributed by atoms with Gasteiger partial charge in [-0.2, -0.15) is 13.2 Å². The fraction of sp³-hybridized carbons (Fsp3) is 0.217. The lowest BCUT2D eigenvalue weighted by Crippen LogP contribution is -2.49. The standard InChI is InChI=1S/C23H18ClF3N6O/c24-14-5-6-17-19(13-14)29-21(28-17)18-7-8-20(31-30-18)32-9-11-33(12-10-32)22(34)15-3-1-2-4-16(15)23(25,26)27/h1-8,13H,9-12H2,(H,28,29). The van der Waals surface area contributed by atoms with Crippen LogP contribution in [0.4, 0.5) is 19.0 Å². The van der Waals surface area contributed by atoms with Gasteiger partial charge in [-0.1, -0.05) is 23.7 Å². The Morgan fingerprint density at radius 1 is 0.971 bits per heavy atom. The van der Waals surface area contributed by atoms with Gasteiger partial charge in [0.15, 0.2) is 11.6 Å². The number of fused-ring (bicyclic) bond motifs is 1. The molecule has 0 unspecified atom stereocenters. The molecule has 3 heterocycles. The summed E-state index contributed by atoms with van der Waals surface area (Å²) in [6.07, 6.45) is -4.59. The fourth-order valence-electron chi connectivity index (χ4n) is 3.95. The number of imidazole rings is 1. The molecular formula is C23H18ClF3N6O. The molecule has 1 aliphatic heterocycles. The summed E-state index contributed by atoms with van der Waals surface area (Å²) >= 11 is 6.02. The number of rotatable bonds is 3. The number of carbonyl (C=O) groups is 1. The van der Waals surface area contributed by atoms with Crippen LogP contribution in [0, 0.1) is 0 Å². The molecule has 1 fully saturated rings. The molecule has 0 radical (unpaired) electrons. The summed E-state index contributed by atoms with van der Waals surface area (Å²) in [7, 11) is 0. The number of nitrogens with one attached hydrogen (secondary N) is 1. The Kier molecular flexibility index (Phi) is 5.60. The molecule has 0 saturated carbocycles. The Labute approximate surface area is 197 Å². The van der Waals surface area contributed by atoms with Gasteiger partial charge >= 0.3 is 6.18 Å². The smallest absolute Gasteiger partial charge is 0.352 e. The molecule has 0 aliphatic carbocycles. The zero-order valence-corrected chi connectivity index (χ0v) is 18.4. The van der Waals surface area contributed by atoms with E-state index in [2.05, 4.69) is 20.2 Å². The number of carbonyl (C=O) groups excluding carboxylic acids is 1. The molecule has 2 aromatic heterocycles. The zero-order chi connectivity index (χ0) is 23.9. The Morgan fingerprint density at radius 3 is 2.44 bits per heavy atom. The van der Waals surface area contributed by atoms with Gasteiger partial charge in [-0.05, 0) is 42.5 Å². The van der Waals surface area contributed by atoms with Gasteiger partial charge in [0.05, 0.1) is 22.2 Å². The number of halogens is 4. The van der Waals surface area contributed by atoms with E-state index in [4.69, 9.17) is 11.6 Å². The van der Waals surface area contributed by atoms with E-state index >= 15 is 0 Å². The van der Waals surface area contributed by atoms with E-state index in [9.17, 15) is 18.0 Å². The van der Waals surface area contributed by atoms with Crippen LogP contribution >= 0.6 is 11.6 Å². The van der Waals surface area contributed by atoms with Gasteiger partial charge < -0.3 is 14.8 Å². The molecule has 1 aliphatic rings. The number of amides is 1. The first-order chi connectivity index (χ1) is 16.3. The van der Waals surface area contributed by atoms with Crippen LogP contribution in [0.25, 0.3) is 22.6 Å². The molecular weight excluding hydrogens is 469 g/mol. The van der Waals surface area contributed by atoms with Crippen LogP contribution in [0.3, 0.4) is 0 Å². The molecule has 34 heavy (non-hydrogen) atoms. The van der Waals surface area contributed by atoms with E-state index in [1.165, 1.54) is 23.1 Å². The van der Waals surface area contributed by atoms with Crippen LogP contribution in [-0.4, -0.2) is 57.2 Å². The summed E-state index contributed by atoms with van der Waals surface area (Å²) in [6, 6.07) is 13.8. The van der Waals surface area contributed by atoms with Gasteiger partial charge in [0, 0.05) is 31.2 Å². The molecule has 1 N–H and O–H groups in total. The largest absolute Gasteiger partial charge is 0.417 e. The van der Waals surface area contributed by atoms with E-state index in [-0.39, 0.29) is 18.7 Å². The minimum atomic E-state index is -4.59. The zero-order valence-electron chi connectivity index (χ0n) is 17.7. The van der Waals surface area contributed by atoms with Crippen molar-refractivity contribution < 1.29 is 18.0 Å². The number of nitrogens with zero attached hydrogens (tertiary/aromatic N) is 5. The summed E-state index contributed by atoms with van der Waals surface area (Å²) < 4.78 is 39.9. The Hall–Kier alpha value is -3.66. The Bertz CT molecular complexity index is 1350. The maximum atomic E-state index is 13.3. The second-order valence-corrected chi connectivity index (χ2v) is 8.28. The molecule has 5 rings (SSSR count). The normalized spacial score (nSPS) is 14.6. The number of hydrogen-bond donors (Lipinski definition) is 1. The second kappa shape index (κ2) is 8.60. The summed E-state index contributed by atoms with van der Waals surface area (Å²) in [5.41, 5.74) is 0.865. The maximum absolute atomic E-state index is 13.3. The van der Waals surface area contributed by atoms with E-state index in [0.717, 1.165) is 17.1 Å². The summed E-state index contributed by atoms with van der Waals surface area (Å²) in [5, 5.41) is 9.14. The van der Waals surface area contributed by atoms with Gasteiger partial charge in [0.1, 0.15) is 5.69 Å². The molecule has 2 aromatic carbocycles. The number of piperazine rings is 1. The van der Waals surface area contributed by atoms with Crippen molar-refractivity contribution in [2.45, 2.75) is 6.18 Å². The third-order valence-electron chi connectivity index (χ3n) is 5.69. The lowest BCUT2D eigenvalue weighted by molar-refractivity contribution is -0.138. The highest BCUT2D eigenvalue weighted by molar-refractivity contribution is 6.31. The fourth-order valence-corrected chi connectivity index (χ4v) is 4.12. The topological polar surface area (TPSA) is 78.0 Å². The van der Waals surface area contributed by atoms with Crippen molar-refractivity contribution in [3.05, 3.63) is 70.7 Å². The summed E-state index contributed by atoms with van der Waals surface area (Å²) in [6.45, 7) is 1.41. The molecule has 0 bridgehead atoms.